The lowest BCUT2D eigenvalue weighted by molar-refractivity contribution is -0.384. The molecule has 1 aromatic carbocycles. The van der Waals surface area contributed by atoms with Crippen LogP contribution in [0.25, 0.3) is 10.9 Å². The standard InChI is InChI=1S/C15H16N4O4.ClH/c1-9-8-16-4-5-18(9)15(21)12-7-14(20)17-13-3-2-10(19(22)23)6-11(12)13;/h2-3,6-7,9,16H,4-5,8H2,1H3,(H,17,20);1H. The Labute approximate surface area is 143 Å². The number of nitro benzene ring substituents is 1. The van der Waals surface area contributed by atoms with Crippen LogP contribution in [0.3, 0.4) is 0 Å². The molecule has 2 aromatic rings. The van der Waals surface area contributed by atoms with Gasteiger partial charge in [-0.15, -0.1) is 12.4 Å². The van der Waals surface area contributed by atoms with Gasteiger partial charge in [0.1, 0.15) is 0 Å². The van der Waals surface area contributed by atoms with Crippen molar-refractivity contribution in [2.24, 2.45) is 0 Å². The quantitative estimate of drug-likeness (QED) is 0.625. The molecule has 1 aromatic heterocycles. The van der Waals surface area contributed by atoms with Gasteiger partial charge < -0.3 is 15.2 Å². The number of fused-ring (bicyclic) bond motifs is 1. The fraction of sp³-hybridized carbons (Fsp3) is 0.333. The Hall–Kier alpha value is -2.45. The van der Waals surface area contributed by atoms with Crippen LogP contribution in [0.15, 0.2) is 29.1 Å². The molecule has 0 bridgehead atoms. The minimum Gasteiger partial charge on any atom is -0.333 e. The zero-order chi connectivity index (χ0) is 16.6. The predicted molar refractivity (Wildman–Crippen MR) is 91.8 cm³/mol. The van der Waals surface area contributed by atoms with E-state index in [2.05, 4.69) is 10.3 Å². The van der Waals surface area contributed by atoms with Gasteiger partial charge in [0.15, 0.2) is 0 Å². The molecule has 1 unspecified atom stereocenters. The number of benzene rings is 1. The van der Waals surface area contributed by atoms with Gasteiger partial charge in [0.25, 0.3) is 11.6 Å². The van der Waals surface area contributed by atoms with Crippen LogP contribution in [0.5, 0.6) is 0 Å². The lowest BCUT2D eigenvalue weighted by Gasteiger charge is -2.34. The van der Waals surface area contributed by atoms with E-state index in [1.165, 1.54) is 24.3 Å². The number of carbonyl (C=O) groups is 1. The van der Waals surface area contributed by atoms with Crippen LogP contribution in [0.4, 0.5) is 5.69 Å². The lowest BCUT2D eigenvalue weighted by Crippen LogP contribution is -2.52. The molecule has 8 nitrogen and oxygen atoms in total. The number of aromatic nitrogens is 1. The molecule has 1 amide bonds. The molecular formula is C15H17ClN4O4. The fourth-order valence-corrected chi connectivity index (χ4v) is 2.83. The highest BCUT2D eigenvalue weighted by molar-refractivity contribution is 6.06. The average molecular weight is 353 g/mol. The molecular weight excluding hydrogens is 336 g/mol. The first-order chi connectivity index (χ1) is 11.0. The number of aromatic amines is 1. The number of amides is 1. The summed E-state index contributed by atoms with van der Waals surface area (Å²) in [5, 5.41) is 14.6. The number of hydrogen-bond acceptors (Lipinski definition) is 5. The maximum atomic E-state index is 12.8. The van der Waals surface area contributed by atoms with E-state index in [4.69, 9.17) is 0 Å². The van der Waals surface area contributed by atoms with Crippen LogP contribution in [-0.2, 0) is 0 Å². The fourth-order valence-electron chi connectivity index (χ4n) is 2.83. The van der Waals surface area contributed by atoms with Gasteiger partial charge in [-0.05, 0) is 13.0 Å². The smallest absolute Gasteiger partial charge is 0.270 e. The monoisotopic (exact) mass is 352 g/mol. The van der Waals surface area contributed by atoms with E-state index >= 15 is 0 Å². The third-order valence-electron chi connectivity index (χ3n) is 4.03. The first-order valence-corrected chi connectivity index (χ1v) is 7.30. The summed E-state index contributed by atoms with van der Waals surface area (Å²) in [6.45, 7) is 3.80. The molecule has 1 aliphatic heterocycles. The average Bonchev–Trinajstić information content (AvgIpc) is 2.53. The first-order valence-electron chi connectivity index (χ1n) is 7.30. The summed E-state index contributed by atoms with van der Waals surface area (Å²) in [6, 6.07) is 5.28. The van der Waals surface area contributed by atoms with Gasteiger partial charge in [-0.2, -0.15) is 0 Å². The zero-order valence-corrected chi connectivity index (χ0v) is 13.8. The second-order valence-corrected chi connectivity index (χ2v) is 5.59. The van der Waals surface area contributed by atoms with Crippen molar-refractivity contribution in [3.8, 4) is 0 Å². The SMILES string of the molecule is CC1CNCCN1C(=O)c1cc(=O)[nH]c2ccc([N+](=O)[O-])cc12.Cl. The Morgan fingerprint density at radius 1 is 1.38 bits per heavy atom. The molecule has 1 saturated heterocycles. The number of rotatable bonds is 2. The van der Waals surface area contributed by atoms with Gasteiger partial charge in [-0.3, -0.25) is 19.7 Å². The van der Waals surface area contributed by atoms with Crippen LogP contribution in [0.1, 0.15) is 17.3 Å². The number of non-ortho nitro benzene ring substituents is 1. The molecule has 0 saturated carbocycles. The van der Waals surface area contributed by atoms with Gasteiger partial charge in [-0.25, -0.2) is 0 Å². The summed E-state index contributed by atoms with van der Waals surface area (Å²) >= 11 is 0. The summed E-state index contributed by atoms with van der Waals surface area (Å²) in [5.74, 6) is -0.282. The van der Waals surface area contributed by atoms with E-state index in [1.807, 2.05) is 6.92 Å². The Morgan fingerprint density at radius 3 is 2.79 bits per heavy atom. The zero-order valence-electron chi connectivity index (χ0n) is 12.9. The molecule has 0 aliphatic carbocycles. The molecule has 128 valence electrons. The van der Waals surface area contributed by atoms with Crippen LogP contribution in [0.2, 0.25) is 0 Å². The van der Waals surface area contributed by atoms with Gasteiger partial charge in [0.05, 0.1) is 10.5 Å². The molecule has 2 N–H and O–H groups in total. The largest absolute Gasteiger partial charge is 0.333 e. The van der Waals surface area contributed by atoms with Gasteiger partial charge in [0, 0.05) is 54.8 Å². The van der Waals surface area contributed by atoms with Crippen LogP contribution in [0, 0.1) is 10.1 Å². The summed E-state index contributed by atoms with van der Waals surface area (Å²) < 4.78 is 0. The molecule has 24 heavy (non-hydrogen) atoms. The van der Waals surface area contributed by atoms with E-state index in [1.54, 1.807) is 4.90 Å². The third kappa shape index (κ3) is 3.24. The predicted octanol–water partition coefficient (Wildman–Crippen LogP) is 1.29. The van der Waals surface area contributed by atoms with Crippen molar-refractivity contribution >= 4 is 34.9 Å². The number of H-pyrrole nitrogens is 1. The van der Waals surface area contributed by atoms with E-state index in [-0.39, 0.29) is 35.6 Å². The van der Waals surface area contributed by atoms with Crippen molar-refractivity contribution in [2.75, 3.05) is 19.6 Å². The van der Waals surface area contributed by atoms with Crippen LogP contribution >= 0.6 is 12.4 Å². The van der Waals surface area contributed by atoms with Gasteiger partial charge in [0.2, 0.25) is 5.56 Å². The number of piperazine rings is 1. The van der Waals surface area contributed by atoms with Crippen molar-refractivity contribution in [3.63, 3.8) is 0 Å². The van der Waals surface area contributed by atoms with Crippen molar-refractivity contribution in [2.45, 2.75) is 13.0 Å². The van der Waals surface area contributed by atoms with E-state index in [9.17, 15) is 19.7 Å². The van der Waals surface area contributed by atoms with E-state index in [0.717, 1.165) is 0 Å². The van der Waals surface area contributed by atoms with Crippen molar-refractivity contribution < 1.29 is 9.72 Å². The van der Waals surface area contributed by atoms with Crippen LogP contribution < -0.4 is 10.9 Å². The van der Waals surface area contributed by atoms with Crippen LogP contribution in [-0.4, -0.2) is 46.4 Å². The van der Waals surface area contributed by atoms with Gasteiger partial charge >= 0.3 is 0 Å². The van der Waals surface area contributed by atoms with Crippen molar-refractivity contribution in [1.82, 2.24) is 15.2 Å². The highest BCUT2D eigenvalue weighted by Crippen LogP contribution is 2.23. The molecule has 0 radical (unpaired) electrons. The lowest BCUT2D eigenvalue weighted by atomic mass is 10.1. The molecule has 3 rings (SSSR count). The highest BCUT2D eigenvalue weighted by atomic mass is 35.5. The summed E-state index contributed by atoms with van der Waals surface area (Å²) in [7, 11) is 0. The highest BCUT2D eigenvalue weighted by Gasteiger charge is 2.26. The first kappa shape index (κ1) is 17.9. The number of nitrogens with one attached hydrogen (secondary N) is 2. The molecule has 1 aliphatic rings. The number of carbonyl (C=O) groups excluding carboxylic acids is 1. The number of hydrogen-bond donors (Lipinski definition) is 2. The molecule has 0 spiro atoms. The second kappa shape index (κ2) is 6.98. The van der Waals surface area contributed by atoms with E-state index < -0.39 is 10.5 Å². The number of nitro groups is 1. The molecule has 2 heterocycles. The third-order valence-corrected chi connectivity index (χ3v) is 4.03. The van der Waals surface area contributed by atoms with Gasteiger partial charge in [-0.1, -0.05) is 0 Å². The second-order valence-electron chi connectivity index (χ2n) is 5.59. The topological polar surface area (TPSA) is 108 Å². The number of halogens is 1. The number of pyridine rings is 1. The Balaban J connectivity index is 0.00000208. The minimum absolute atomic E-state index is 0. The molecule has 9 heteroatoms. The molecule has 1 atom stereocenters. The van der Waals surface area contributed by atoms with E-state index in [0.29, 0.717) is 30.5 Å². The Morgan fingerprint density at radius 2 is 2.12 bits per heavy atom. The molecule has 1 fully saturated rings. The Kier molecular flexibility index (Phi) is 5.20. The minimum atomic E-state index is -0.522. The summed E-state index contributed by atoms with van der Waals surface area (Å²) in [4.78, 5) is 39.4. The normalized spacial score (nSPS) is 17.4. The maximum Gasteiger partial charge on any atom is 0.270 e. The maximum absolute atomic E-state index is 12.8. The van der Waals surface area contributed by atoms with Crippen molar-refractivity contribution in [3.05, 3.63) is 50.3 Å². The summed E-state index contributed by atoms with van der Waals surface area (Å²) in [5.41, 5.74) is 0.0832. The summed E-state index contributed by atoms with van der Waals surface area (Å²) in [6.07, 6.45) is 0. The van der Waals surface area contributed by atoms with Crippen molar-refractivity contribution in [1.29, 1.82) is 0 Å². The number of nitrogens with zero attached hydrogens (tertiary/aromatic N) is 2. The Bertz CT molecular complexity index is 851.